The third kappa shape index (κ3) is 2.84. The highest BCUT2D eigenvalue weighted by molar-refractivity contribution is 5.61. The number of nitrogens with one attached hydrogen (secondary N) is 1. The molecule has 5 nitrogen and oxygen atoms in total. The van der Waals surface area contributed by atoms with Gasteiger partial charge in [0.2, 0.25) is 5.95 Å². The summed E-state index contributed by atoms with van der Waals surface area (Å²) < 4.78 is 14.1. The summed E-state index contributed by atoms with van der Waals surface area (Å²) in [4.78, 5) is 10.4. The van der Waals surface area contributed by atoms with Gasteiger partial charge in [0.25, 0.3) is 0 Å². The standard InChI is InChI=1S/C16H16FN5/c1-11-5-7-19-16(20-11)21-13-6-8-22(10-13)15-12(9-18)3-2-4-14(15)17/h2-5,7,13H,6,8,10H2,1H3,(H,19,20,21). The molecule has 6 heteroatoms. The van der Waals surface area contributed by atoms with Crippen molar-refractivity contribution in [1.29, 1.82) is 5.26 Å². The van der Waals surface area contributed by atoms with Crippen LogP contribution in [0, 0.1) is 24.1 Å². The molecule has 22 heavy (non-hydrogen) atoms. The van der Waals surface area contributed by atoms with Crippen molar-refractivity contribution >= 4 is 11.6 Å². The Kier molecular flexibility index (Phi) is 3.88. The van der Waals surface area contributed by atoms with Crippen LogP contribution in [0.1, 0.15) is 17.7 Å². The number of benzene rings is 1. The molecule has 1 aromatic heterocycles. The van der Waals surface area contributed by atoms with E-state index >= 15 is 0 Å². The number of para-hydroxylation sites is 1. The van der Waals surface area contributed by atoms with Crippen LogP contribution in [0.15, 0.2) is 30.5 Å². The normalized spacial score (nSPS) is 17.3. The van der Waals surface area contributed by atoms with E-state index in [1.165, 1.54) is 6.07 Å². The number of anilines is 2. The molecule has 112 valence electrons. The van der Waals surface area contributed by atoms with Crippen molar-refractivity contribution in [2.45, 2.75) is 19.4 Å². The van der Waals surface area contributed by atoms with E-state index in [2.05, 4.69) is 21.4 Å². The second-order valence-electron chi connectivity index (χ2n) is 5.35. The van der Waals surface area contributed by atoms with E-state index in [1.807, 2.05) is 17.9 Å². The predicted molar refractivity (Wildman–Crippen MR) is 82.1 cm³/mol. The molecule has 1 unspecified atom stereocenters. The lowest BCUT2D eigenvalue weighted by atomic mass is 10.1. The zero-order valence-corrected chi connectivity index (χ0v) is 12.3. The van der Waals surface area contributed by atoms with Crippen LogP contribution >= 0.6 is 0 Å². The number of hydrogen-bond acceptors (Lipinski definition) is 5. The summed E-state index contributed by atoms with van der Waals surface area (Å²) in [6.07, 6.45) is 2.55. The van der Waals surface area contributed by atoms with Crippen LogP contribution in [0.4, 0.5) is 16.0 Å². The molecule has 2 heterocycles. The largest absolute Gasteiger partial charge is 0.366 e. The Bertz CT molecular complexity index is 725. The quantitative estimate of drug-likeness (QED) is 0.943. The summed E-state index contributed by atoms with van der Waals surface area (Å²) in [6, 6.07) is 8.62. The molecule has 1 atom stereocenters. The van der Waals surface area contributed by atoms with Gasteiger partial charge in [0, 0.05) is 31.0 Å². The van der Waals surface area contributed by atoms with Gasteiger partial charge in [-0.15, -0.1) is 0 Å². The number of aryl methyl sites for hydroxylation is 1. The Morgan fingerprint density at radius 3 is 3.05 bits per heavy atom. The molecule has 1 N–H and O–H groups in total. The fourth-order valence-corrected chi connectivity index (χ4v) is 2.71. The van der Waals surface area contributed by atoms with E-state index in [4.69, 9.17) is 5.26 Å². The first-order valence-electron chi connectivity index (χ1n) is 7.17. The van der Waals surface area contributed by atoms with Crippen molar-refractivity contribution < 1.29 is 4.39 Å². The fraction of sp³-hybridized carbons (Fsp3) is 0.312. The van der Waals surface area contributed by atoms with Gasteiger partial charge in [-0.25, -0.2) is 14.4 Å². The zero-order valence-electron chi connectivity index (χ0n) is 12.3. The first-order chi connectivity index (χ1) is 10.7. The summed E-state index contributed by atoms with van der Waals surface area (Å²) in [5.41, 5.74) is 1.65. The second-order valence-corrected chi connectivity index (χ2v) is 5.35. The fourth-order valence-electron chi connectivity index (χ4n) is 2.71. The van der Waals surface area contributed by atoms with Crippen LogP contribution in [-0.2, 0) is 0 Å². The van der Waals surface area contributed by atoms with Crippen molar-refractivity contribution in [3.8, 4) is 6.07 Å². The molecule has 1 saturated heterocycles. The topological polar surface area (TPSA) is 64.8 Å². The van der Waals surface area contributed by atoms with E-state index in [9.17, 15) is 4.39 Å². The van der Waals surface area contributed by atoms with Crippen LogP contribution in [0.3, 0.4) is 0 Å². The van der Waals surface area contributed by atoms with Crippen LogP contribution in [0.5, 0.6) is 0 Å². The molecular weight excluding hydrogens is 281 g/mol. The highest BCUT2D eigenvalue weighted by Crippen LogP contribution is 2.28. The van der Waals surface area contributed by atoms with Crippen molar-refractivity contribution in [3.05, 3.63) is 47.5 Å². The van der Waals surface area contributed by atoms with Gasteiger partial charge < -0.3 is 10.2 Å². The molecule has 0 saturated carbocycles. The molecule has 1 fully saturated rings. The monoisotopic (exact) mass is 297 g/mol. The summed E-state index contributed by atoms with van der Waals surface area (Å²) in [5.74, 6) is 0.229. The Balaban J connectivity index is 1.74. The van der Waals surface area contributed by atoms with Crippen LogP contribution < -0.4 is 10.2 Å². The Hall–Kier alpha value is -2.68. The van der Waals surface area contributed by atoms with Gasteiger partial charge in [0.1, 0.15) is 11.9 Å². The minimum atomic E-state index is -0.355. The van der Waals surface area contributed by atoms with Crippen LogP contribution in [-0.4, -0.2) is 29.1 Å². The highest BCUT2D eigenvalue weighted by atomic mass is 19.1. The minimum Gasteiger partial charge on any atom is -0.366 e. The van der Waals surface area contributed by atoms with Gasteiger partial charge in [-0.3, -0.25) is 0 Å². The molecule has 1 aliphatic rings. The van der Waals surface area contributed by atoms with E-state index in [1.54, 1.807) is 18.3 Å². The van der Waals surface area contributed by atoms with Crippen LogP contribution in [0.25, 0.3) is 0 Å². The maximum absolute atomic E-state index is 14.1. The number of nitriles is 1. The Morgan fingerprint density at radius 1 is 1.41 bits per heavy atom. The zero-order chi connectivity index (χ0) is 15.5. The lowest BCUT2D eigenvalue weighted by Gasteiger charge is -2.20. The van der Waals surface area contributed by atoms with E-state index < -0.39 is 0 Å². The molecule has 0 aliphatic carbocycles. The Labute approximate surface area is 128 Å². The second kappa shape index (κ2) is 5.98. The maximum atomic E-state index is 14.1. The average molecular weight is 297 g/mol. The molecule has 3 rings (SSSR count). The van der Waals surface area contributed by atoms with Crippen molar-refractivity contribution in [3.63, 3.8) is 0 Å². The number of aromatic nitrogens is 2. The number of rotatable bonds is 3. The third-order valence-corrected chi connectivity index (χ3v) is 3.74. The summed E-state index contributed by atoms with van der Waals surface area (Å²) in [7, 11) is 0. The summed E-state index contributed by atoms with van der Waals surface area (Å²) in [5, 5.41) is 12.4. The molecule has 1 aromatic carbocycles. The van der Waals surface area contributed by atoms with Crippen molar-refractivity contribution in [2.75, 3.05) is 23.3 Å². The number of hydrogen-bond donors (Lipinski definition) is 1. The van der Waals surface area contributed by atoms with E-state index in [0.29, 0.717) is 30.3 Å². The predicted octanol–water partition coefficient (Wildman–Crippen LogP) is 2.49. The van der Waals surface area contributed by atoms with Gasteiger partial charge in [-0.2, -0.15) is 5.26 Å². The summed E-state index contributed by atoms with van der Waals surface area (Å²) in [6.45, 7) is 3.22. The minimum absolute atomic E-state index is 0.132. The molecule has 0 radical (unpaired) electrons. The van der Waals surface area contributed by atoms with Gasteiger partial charge in [0.05, 0.1) is 11.3 Å². The molecule has 1 aliphatic heterocycles. The maximum Gasteiger partial charge on any atom is 0.223 e. The first kappa shape index (κ1) is 14.3. The van der Waals surface area contributed by atoms with Gasteiger partial charge in [-0.1, -0.05) is 6.07 Å². The lowest BCUT2D eigenvalue weighted by molar-refractivity contribution is 0.622. The van der Waals surface area contributed by atoms with Crippen molar-refractivity contribution in [2.24, 2.45) is 0 Å². The van der Waals surface area contributed by atoms with E-state index in [-0.39, 0.29) is 11.9 Å². The van der Waals surface area contributed by atoms with Gasteiger partial charge >= 0.3 is 0 Å². The van der Waals surface area contributed by atoms with Gasteiger partial charge in [0.15, 0.2) is 0 Å². The average Bonchev–Trinajstić information content (AvgIpc) is 2.95. The molecule has 0 spiro atoms. The smallest absolute Gasteiger partial charge is 0.223 e. The summed E-state index contributed by atoms with van der Waals surface area (Å²) >= 11 is 0. The van der Waals surface area contributed by atoms with E-state index in [0.717, 1.165) is 12.1 Å². The van der Waals surface area contributed by atoms with Crippen LogP contribution in [0.2, 0.25) is 0 Å². The highest BCUT2D eigenvalue weighted by Gasteiger charge is 2.26. The molecule has 2 aromatic rings. The Morgan fingerprint density at radius 2 is 2.27 bits per heavy atom. The lowest BCUT2D eigenvalue weighted by Crippen LogP contribution is -2.27. The number of nitrogens with zero attached hydrogens (tertiary/aromatic N) is 4. The third-order valence-electron chi connectivity index (χ3n) is 3.74. The molecular formula is C16H16FN5. The molecule has 0 amide bonds. The van der Waals surface area contributed by atoms with Crippen molar-refractivity contribution in [1.82, 2.24) is 9.97 Å². The molecule has 0 bridgehead atoms. The SMILES string of the molecule is Cc1ccnc(NC2CCN(c3c(F)cccc3C#N)C2)n1. The first-order valence-corrected chi connectivity index (χ1v) is 7.17. The number of halogens is 1. The van der Waals surface area contributed by atoms with Gasteiger partial charge in [-0.05, 0) is 31.5 Å².